The van der Waals surface area contributed by atoms with Crippen LogP contribution in [0.15, 0.2) is 23.8 Å². The summed E-state index contributed by atoms with van der Waals surface area (Å²) in [4.78, 5) is 2.32. The van der Waals surface area contributed by atoms with E-state index in [0.29, 0.717) is 17.8 Å². The van der Waals surface area contributed by atoms with Crippen molar-refractivity contribution in [1.29, 1.82) is 0 Å². The van der Waals surface area contributed by atoms with Gasteiger partial charge in [0.25, 0.3) is 0 Å². The van der Waals surface area contributed by atoms with Crippen LogP contribution in [0.3, 0.4) is 0 Å². The molecule has 0 aromatic heterocycles. The minimum atomic E-state index is -0.397. The summed E-state index contributed by atoms with van der Waals surface area (Å²) in [6.45, 7) is 13.6. The molecule has 0 aromatic rings. The molecular weight excluding hydrogens is 386 g/mol. The van der Waals surface area contributed by atoms with Gasteiger partial charge in [0.1, 0.15) is 0 Å². The average molecular weight is 436 g/mol. The lowest BCUT2D eigenvalue weighted by molar-refractivity contribution is 0.0820. The van der Waals surface area contributed by atoms with E-state index in [1.807, 2.05) is 6.08 Å². The Bertz CT molecular complexity index is 580. The van der Waals surface area contributed by atoms with E-state index in [1.54, 1.807) is 0 Å². The van der Waals surface area contributed by atoms with Crippen LogP contribution in [0.5, 0.6) is 0 Å². The number of allylic oxidation sites excluding steroid dienone is 1. The van der Waals surface area contributed by atoms with E-state index in [1.165, 1.54) is 24.8 Å². The first-order valence-electron chi connectivity index (χ1n) is 12.6. The van der Waals surface area contributed by atoms with Crippen molar-refractivity contribution in [1.82, 2.24) is 4.90 Å². The monoisotopic (exact) mass is 435 g/mol. The zero-order chi connectivity index (χ0) is 23.0. The fourth-order valence-corrected chi connectivity index (χ4v) is 5.05. The topological polar surface area (TPSA) is 52.9 Å². The van der Waals surface area contributed by atoms with Gasteiger partial charge in [-0.1, -0.05) is 56.9 Å². The number of fused-ring (bicyclic) bond motifs is 1. The molecule has 2 rings (SSSR count). The van der Waals surface area contributed by atoms with Gasteiger partial charge >= 0.3 is 0 Å². The lowest BCUT2D eigenvalue weighted by Crippen LogP contribution is -2.40. The predicted molar refractivity (Wildman–Crippen MR) is 130 cm³/mol. The molecule has 0 radical (unpaired) electrons. The molecule has 1 fully saturated rings. The number of hydrogen-bond acceptors (Lipinski definition) is 4. The minimum absolute atomic E-state index is 0.167. The van der Waals surface area contributed by atoms with Crippen molar-refractivity contribution >= 4 is 0 Å². The molecule has 0 amide bonds. The van der Waals surface area contributed by atoms with Crippen LogP contribution < -0.4 is 0 Å². The quantitative estimate of drug-likeness (QED) is 0.308. The highest BCUT2D eigenvalue weighted by Crippen LogP contribution is 2.48. The highest BCUT2D eigenvalue weighted by Gasteiger charge is 2.43. The standard InChI is InChI=1S/C27H49NO3/c1-7-8-9-20(2)16-23(29)10-11-24-25-18-21(17-22(25)19-26(24)30)12-14-31-15-13-28(6)27(3,4)5/h10-11,17,20,22-26,29-30H,7-9,12-16,18-19H2,1-6H3/t20-,22-,23+,24+,25-,26+/m0/s1. The lowest BCUT2D eigenvalue weighted by atomic mass is 9.88. The summed E-state index contributed by atoms with van der Waals surface area (Å²) >= 11 is 0. The van der Waals surface area contributed by atoms with Crippen molar-refractivity contribution in [2.45, 2.75) is 97.3 Å². The van der Waals surface area contributed by atoms with Crippen LogP contribution in [-0.2, 0) is 4.74 Å². The van der Waals surface area contributed by atoms with Gasteiger partial charge in [-0.25, -0.2) is 0 Å². The average Bonchev–Trinajstić information content (AvgIpc) is 3.19. The summed E-state index contributed by atoms with van der Waals surface area (Å²) in [6, 6.07) is 0. The van der Waals surface area contributed by atoms with Crippen molar-refractivity contribution in [2.75, 3.05) is 26.8 Å². The Morgan fingerprint density at radius 2 is 2.03 bits per heavy atom. The number of likely N-dealkylation sites (N-methyl/N-ethyl adjacent to an activating group) is 1. The molecule has 180 valence electrons. The van der Waals surface area contributed by atoms with Crippen LogP contribution >= 0.6 is 0 Å². The molecule has 6 atom stereocenters. The Balaban J connectivity index is 1.72. The smallest absolute Gasteiger partial charge is 0.0723 e. The maximum absolute atomic E-state index is 10.6. The molecule has 0 aliphatic heterocycles. The van der Waals surface area contributed by atoms with Crippen LogP contribution in [0, 0.1) is 23.7 Å². The molecular formula is C27H49NO3. The van der Waals surface area contributed by atoms with Crippen LogP contribution in [0.2, 0.25) is 0 Å². The van der Waals surface area contributed by atoms with E-state index in [-0.39, 0.29) is 17.6 Å². The van der Waals surface area contributed by atoms with Gasteiger partial charge in [-0.05, 0) is 71.3 Å². The summed E-state index contributed by atoms with van der Waals surface area (Å²) < 4.78 is 5.90. The molecule has 0 unspecified atom stereocenters. The molecule has 0 heterocycles. The Hall–Kier alpha value is -0.680. The number of unbranched alkanes of at least 4 members (excludes halogenated alkanes) is 1. The number of rotatable bonds is 13. The van der Waals surface area contributed by atoms with Crippen molar-refractivity contribution < 1.29 is 14.9 Å². The van der Waals surface area contributed by atoms with Crippen molar-refractivity contribution in [3.05, 3.63) is 23.8 Å². The van der Waals surface area contributed by atoms with Gasteiger partial charge in [-0.15, -0.1) is 0 Å². The highest BCUT2D eigenvalue weighted by molar-refractivity contribution is 5.21. The van der Waals surface area contributed by atoms with E-state index in [2.05, 4.69) is 58.7 Å². The van der Waals surface area contributed by atoms with E-state index in [4.69, 9.17) is 4.74 Å². The second-order valence-corrected chi connectivity index (χ2v) is 11.1. The first kappa shape index (κ1) is 26.6. The number of ether oxygens (including phenoxy) is 1. The Morgan fingerprint density at radius 3 is 2.71 bits per heavy atom. The molecule has 0 bridgehead atoms. The molecule has 2 aliphatic carbocycles. The van der Waals surface area contributed by atoms with E-state index < -0.39 is 6.10 Å². The van der Waals surface area contributed by atoms with Gasteiger partial charge in [0.2, 0.25) is 0 Å². The summed E-state index contributed by atoms with van der Waals surface area (Å²) in [6.07, 6.45) is 13.1. The van der Waals surface area contributed by atoms with Crippen LogP contribution in [0.4, 0.5) is 0 Å². The zero-order valence-electron chi connectivity index (χ0n) is 21.0. The first-order chi connectivity index (χ1) is 14.6. The van der Waals surface area contributed by atoms with Gasteiger partial charge < -0.3 is 14.9 Å². The summed E-state index contributed by atoms with van der Waals surface area (Å²) in [7, 11) is 2.14. The van der Waals surface area contributed by atoms with Crippen molar-refractivity contribution in [3.63, 3.8) is 0 Å². The zero-order valence-corrected chi connectivity index (χ0v) is 21.0. The largest absolute Gasteiger partial charge is 0.392 e. The normalized spacial score (nSPS) is 28.4. The summed E-state index contributed by atoms with van der Waals surface area (Å²) in [5, 5.41) is 21.0. The van der Waals surface area contributed by atoms with Crippen LogP contribution in [-0.4, -0.2) is 59.7 Å². The lowest BCUT2D eigenvalue weighted by Gasteiger charge is -2.31. The van der Waals surface area contributed by atoms with Crippen LogP contribution in [0.1, 0.15) is 79.6 Å². The SMILES string of the molecule is CCCC[C@H](C)C[C@H](O)C=C[C@@H]1[C@H]2CC(CCOCCN(C)C(C)(C)C)=C[C@H]2C[C@H]1O. The fraction of sp³-hybridized carbons (Fsp3) is 0.852. The van der Waals surface area contributed by atoms with Gasteiger partial charge in [0, 0.05) is 18.0 Å². The fourth-order valence-electron chi connectivity index (χ4n) is 5.05. The van der Waals surface area contributed by atoms with E-state index in [9.17, 15) is 10.2 Å². The summed E-state index contributed by atoms with van der Waals surface area (Å²) in [5.74, 6) is 1.68. The Kier molecular flexibility index (Phi) is 10.7. The maximum Gasteiger partial charge on any atom is 0.0723 e. The van der Waals surface area contributed by atoms with Crippen molar-refractivity contribution in [3.8, 4) is 0 Å². The van der Waals surface area contributed by atoms with Gasteiger partial charge in [-0.3, -0.25) is 4.90 Å². The molecule has 4 heteroatoms. The predicted octanol–water partition coefficient (Wildman–Crippen LogP) is 5.20. The second-order valence-electron chi connectivity index (χ2n) is 11.1. The molecule has 4 nitrogen and oxygen atoms in total. The molecule has 0 spiro atoms. The minimum Gasteiger partial charge on any atom is -0.392 e. The first-order valence-corrected chi connectivity index (χ1v) is 12.6. The number of aliphatic hydroxyl groups excluding tert-OH is 2. The summed E-state index contributed by atoms with van der Waals surface area (Å²) in [5.41, 5.74) is 1.66. The third kappa shape index (κ3) is 8.64. The highest BCUT2D eigenvalue weighted by atomic mass is 16.5. The van der Waals surface area contributed by atoms with Gasteiger partial charge in [0.15, 0.2) is 0 Å². The third-order valence-electron chi connectivity index (χ3n) is 7.48. The second kappa shape index (κ2) is 12.5. The molecule has 2 N–H and O–H groups in total. The Morgan fingerprint density at radius 1 is 1.29 bits per heavy atom. The van der Waals surface area contributed by atoms with E-state index >= 15 is 0 Å². The van der Waals surface area contributed by atoms with E-state index in [0.717, 1.165) is 45.4 Å². The maximum atomic E-state index is 10.6. The molecule has 1 saturated carbocycles. The van der Waals surface area contributed by atoms with Gasteiger partial charge in [-0.2, -0.15) is 0 Å². The molecule has 0 aromatic carbocycles. The molecule has 0 saturated heterocycles. The van der Waals surface area contributed by atoms with Gasteiger partial charge in [0.05, 0.1) is 25.4 Å². The van der Waals surface area contributed by atoms with Crippen molar-refractivity contribution in [2.24, 2.45) is 23.7 Å². The third-order valence-corrected chi connectivity index (χ3v) is 7.48. The molecule has 2 aliphatic rings. The van der Waals surface area contributed by atoms with Crippen LogP contribution in [0.25, 0.3) is 0 Å². The number of nitrogens with zero attached hydrogens (tertiary/aromatic N) is 1. The molecule has 31 heavy (non-hydrogen) atoms. The number of aliphatic hydroxyl groups is 2. The Labute approximate surface area is 191 Å². The number of hydrogen-bond donors (Lipinski definition) is 2.